The highest BCUT2D eigenvalue weighted by Crippen LogP contribution is 2.30. The minimum Gasteiger partial charge on any atom is -0.481 e. The number of carboxylic acids is 1. The lowest BCUT2D eigenvalue weighted by molar-refractivity contribution is -0.148. The number of rotatable bonds is 5. The van der Waals surface area contributed by atoms with E-state index >= 15 is 0 Å². The van der Waals surface area contributed by atoms with Crippen LogP contribution in [0.5, 0.6) is 0 Å². The van der Waals surface area contributed by atoms with Gasteiger partial charge in [-0.1, -0.05) is 12.8 Å². The van der Waals surface area contributed by atoms with Gasteiger partial charge < -0.3 is 10.4 Å². The van der Waals surface area contributed by atoms with Gasteiger partial charge in [-0.3, -0.25) is 9.59 Å². The van der Waals surface area contributed by atoms with E-state index in [0.717, 1.165) is 23.0 Å². The molecule has 20 heavy (non-hydrogen) atoms. The first kappa shape index (κ1) is 15.5. The summed E-state index contributed by atoms with van der Waals surface area (Å²) >= 11 is 5.06. The topological polar surface area (TPSA) is 66.4 Å². The van der Waals surface area contributed by atoms with Crippen LogP contribution in [-0.4, -0.2) is 23.5 Å². The van der Waals surface area contributed by atoms with Gasteiger partial charge in [-0.2, -0.15) is 0 Å². The summed E-state index contributed by atoms with van der Waals surface area (Å²) in [6.45, 7) is 0.564. The van der Waals surface area contributed by atoms with E-state index in [4.69, 9.17) is 0 Å². The number of halogens is 1. The number of amides is 1. The lowest BCUT2D eigenvalue weighted by Gasteiger charge is -2.27. The van der Waals surface area contributed by atoms with Crippen molar-refractivity contribution >= 4 is 39.1 Å². The van der Waals surface area contributed by atoms with Crippen LogP contribution in [0, 0.1) is 11.8 Å². The first-order valence-corrected chi connectivity index (χ1v) is 8.43. The second-order valence-corrected chi connectivity index (χ2v) is 7.63. The zero-order chi connectivity index (χ0) is 14.5. The first-order valence-electron chi connectivity index (χ1n) is 6.82. The number of aliphatic carboxylic acids is 1. The molecular weight excluding hydrogens is 342 g/mol. The Hall–Kier alpha value is -0.880. The number of hydrogen-bond donors (Lipinski definition) is 2. The number of hydrogen-bond acceptors (Lipinski definition) is 3. The Labute approximate surface area is 130 Å². The molecule has 0 aliphatic heterocycles. The molecule has 2 atom stereocenters. The first-order chi connectivity index (χ1) is 9.58. The van der Waals surface area contributed by atoms with Gasteiger partial charge in [-0.25, -0.2) is 0 Å². The molecule has 1 heterocycles. The average molecular weight is 360 g/mol. The Morgan fingerprint density at radius 3 is 2.60 bits per heavy atom. The van der Waals surface area contributed by atoms with Crippen molar-refractivity contribution in [2.45, 2.75) is 32.1 Å². The fourth-order valence-electron chi connectivity index (χ4n) is 2.67. The zero-order valence-electron chi connectivity index (χ0n) is 11.1. The highest BCUT2D eigenvalue weighted by Gasteiger charge is 2.35. The summed E-state index contributed by atoms with van der Waals surface area (Å²) in [4.78, 5) is 24.5. The molecule has 1 amide bonds. The molecule has 0 bridgehead atoms. The normalized spacial score (nSPS) is 22.4. The SMILES string of the molecule is O=C(O)[C@H]1CCCC[C@H]1C(=O)NCCc1ccc(Br)s1. The van der Waals surface area contributed by atoms with Crippen LogP contribution >= 0.6 is 27.3 Å². The Morgan fingerprint density at radius 1 is 1.30 bits per heavy atom. The van der Waals surface area contributed by atoms with Gasteiger partial charge in [0.2, 0.25) is 5.91 Å². The molecule has 1 aliphatic carbocycles. The fraction of sp³-hybridized carbons (Fsp3) is 0.571. The lowest BCUT2D eigenvalue weighted by atomic mass is 9.78. The summed E-state index contributed by atoms with van der Waals surface area (Å²) in [5, 5.41) is 12.1. The lowest BCUT2D eigenvalue weighted by Crippen LogP contribution is -2.40. The van der Waals surface area contributed by atoms with Gasteiger partial charge >= 0.3 is 5.97 Å². The average Bonchev–Trinajstić information content (AvgIpc) is 2.84. The van der Waals surface area contributed by atoms with E-state index < -0.39 is 11.9 Å². The van der Waals surface area contributed by atoms with Crippen LogP contribution in [0.25, 0.3) is 0 Å². The van der Waals surface area contributed by atoms with Crippen molar-refractivity contribution in [2.75, 3.05) is 6.54 Å². The van der Waals surface area contributed by atoms with E-state index in [1.807, 2.05) is 12.1 Å². The second-order valence-electron chi connectivity index (χ2n) is 5.08. The molecule has 2 rings (SSSR count). The van der Waals surface area contributed by atoms with Gasteiger partial charge in [0.1, 0.15) is 0 Å². The van der Waals surface area contributed by atoms with Crippen molar-refractivity contribution < 1.29 is 14.7 Å². The molecule has 6 heteroatoms. The molecule has 110 valence electrons. The molecule has 1 aromatic heterocycles. The van der Waals surface area contributed by atoms with Crippen LogP contribution in [0.4, 0.5) is 0 Å². The smallest absolute Gasteiger partial charge is 0.307 e. The van der Waals surface area contributed by atoms with E-state index in [2.05, 4.69) is 21.2 Å². The summed E-state index contributed by atoms with van der Waals surface area (Å²) in [6.07, 6.45) is 3.94. The van der Waals surface area contributed by atoms with Crippen LogP contribution in [-0.2, 0) is 16.0 Å². The minimum absolute atomic E-state index is 0.104. The van der Waals surface area contributed by atoms with Gasteiger partial charge in [0, 0.05) is 11.4 Å². The largest absolute Gasteiger partial charge is 0.481 e. The van der Waals surface area contributed by atoms with E-state index in [1.165, 1.54) is 4.88 Å². The van der Waals surface area contributed by atoms with E-state index in [-0.39, 0.29) is 11.8 Å². The maximum atomic E-state index is 12.1. The number of carbonyl (C=O) groups excluding carboxylic acids is 1. The summed E-state index contributed by atoms with van der Waals surface area (Å²) in [5.74, 6) is -1.82. The van der Waals surface area contributed by atoms with Gasteiger partial charge in [0.25, 0.3) is 0 Å². The second kappa shape index (κ2) is 7.22. The van der Waals surface area contributed by atoms with Crippen molar-refractivity contribution in [3.05, 3.63) is 20.8 Å². The Morgan fingerprint density at radius 2 is 2.00 bits per heavy atom. The van der Waals surface area contributed by atoms with Gasteiger partial charge in [0.05, 0.1) is 15.6 Å². The molecule has 0 radical (unpaired) electrons. The van der Waals surface area contributed by atoms with E-state index in [9.17, 15) is 14.7 Å². The van der Waals surface area contributed by atoms with Crippen molar-refractivity contribution in [1.82, 2.24) is 5.32 Å². The van der Waals surface area contributed by atoms with Crippen LogP contribution in [0.3, 0.4) is 0 Å². The van der Waals surface area contributed by atoms with Crippen LogP contribution in [0.15, 0.2) is 15.9 Å². The Balaban J connectivity index is 1.82. The van der Waals surface area contributed by atoms with Gasteiger partial charge in [-0.05, 0) is 47.3 Å². The third-order valence-corrected chi connectivity index (χ3v) is 5.40. The van der Waals surface area contributed by atoms with Crippen LogP contribution < -0.4 is 5.32 Å². The maximum Gasteiger partial charge on any atom is 0.307 e. The molecule has 0 spiro atoms. The maximum absolute atomic E-state index is 12.1. The van der Waals surface area contributed by atoms with Crippen molar-refractivity contribution in [1.29, 1.82) is 0 Å². The minimum atomic E-state index is -0.841. The molecule has 2 N–H and O–H groups in total. The summed E-state index contributed by atoms with van der Waals surface area (Å²) in [5.41, 5.74) is 0. The molecule has 1 fully saturated rings. The molecular formula is C14H18BrNO3S. The quantitative estimate of drug-likeness (QED) is 0.848. The van der Waals surface area contributed by atoms with E-state index in [1.54, 1.807) is 11.3 Å². The molecule has 0 saturated heterocycles. The van der Waals surface area contributed by atoms with Crippen molar-refractivity contribution in [2.24, 2.45) is 11.8 Å². The van der Waals surface area contributed by atoms with Crippen molar-refractivity contribution in [3.63, 3.8) is 0 Å². The molecule has 1 saturated carbocycles. The summed E-state index contributed by atoms with van der Waals surface area (Å²) < 4.78 is 1.08. The Bertz CT molecular complexity index is 489. The summed E-state index contributed by atoms with van der Waals surface area (Å²) in [7, 11) is 0. The number of carbonyl (C=O) groups is 2. The zero-order valence-corrected chi connectivity index (χ0v) is 13.5. The van der Waals surface area contributed by atoms with Crippen LogP contribution in [0.1, 0.15) is 30.6 Å². The molecule has 0 aromatic carbocycles. The van der Waals surface area contributed by atoms with Crippen LogP contribution in [0.2, 0.25) is 0 Å². The molecule has 0 unspecified atom stereocenters. The highest BCUT2D eigenvalue weighted by molar-refractivity contribution is 9.11. The van der Waals surface area contributed by atoms with Gasteiger partial charge in [0.15, 0.2) is 0 Å². The number of nitrogens with one attached hydrogen (secondary N) is 1. The fourth-order valence-corrected chi connectivity index (χ4v) is 4.15. The highest BCUT2D eigenvalue weighted by atomic mass is 79.9. The molecule has 4 nitrogen and oxygen atoms in total. The predicted molar refractivity (Wildman–Crippen MR) is 81.8 cm³/mol. The van der Waals surface area contributed by atoms with Gasteiger partial charge in [-0.15, -0.1) is 11.3 Å². The predicted octanol–water partition coefficient (Wildman–Crippen LogP) is 3.06. The molecule has 1 aliphatic rings. The third kappa shape index (κ3) is 4.06. The Kier molecular flexibility index (Phi) is 5.60. The monoisotopic (exact) mass is 359 g/mol. The van der Waals surface area contributed by atoms with E-state index in [0.29, 0.717) is 19.4 Å². The number of thiophene rings is 1. The standard InChI is InChI=1S/C14H18BrNO3S/c15-12-6-5-9(20-12)7-8-16-13(17)10-3-1-2-4-11(10)14(18)19/h5-6,10-11H,1-4,7-8H2,(H,16,17)(H,18,19)/t10-,11+/m1/s1. The summed E-state index contributed by atoms with van der Waals surface area (Å²) in [6, 6.07) is 4.02. The third-order valence-electron chi connectivity index (χ3n) is 3.72. The van der Waals surface area contributed by atoms with Crippen molar-refractivity contribution in [3.8, 4) is 0 Å². The molecule has 1 aromatic rings. The number of carboxylic acid groups (broad SMARTS) is 1.